The lowest BCUT2D eigenvalue weighted by molar-refractivity contribution is -0.140. The van der Waals surface area contributed by atoms with Gasteiger partial charge in [-0.3, -0.25) is 10.1 Å². The Morgan fingerprint density at radius 2 is 1.76 bits per heavy atom. The van der Waals surface area contributed by atoms with Gasteiger partial charge in [-0.05, 0) is 30.5 Å². The molecule has 1 aromatic rings. The molecule has 0 aliphatic rings. The molecule has 1 aromatic carbocycles. The Balaban J connectivity index is 2.73. The van der Waals surface area contributed by atoms with E-state index in [0.717, 1.165) is 5.56 Å². The van der Waals surface area contributed by atoms with Gasteiger partial charge in [0.1, 0.15) is 11.9 Å². The van der Waals surface area contributed by atoms with Gasteiger partial charge >= 0.3 is 5.97 Å². The maximum Gasteiger partial charge on any atom is 0.320 e. The molecular formula is C13H18FNO2. The van der Waals surface area contributed by atoms with Gasteiger partial charge < -0.3 is 5.11 Å². The second-order valence-electron chi connectivity index (χ2n) is 4.50. The predicted molar refractivity (Wildman–Crippen MR) is 64.2 cm³/mol. The number of hydrogen-bond acceptors (Lipinski definition) is 2. The van der Waals surface area contributed by atoms with Gasteiger partial charge in [0.05, 0.1) is 0 Å². The molecule has 0 spiro atoms. The van der Waals surface area contributed by atoms with Crippen LogP contribution in [0.1, 0.15) is 32.4 Å². The number of halogens is 1. The molecule has 0 amide bonds. The summed E-state index contributed by atoms with van der Waals surface area (Å²) in [5.41, 5.74) is 0.873. The zero-order valence-electron chi connectivity index (χ0n) is 10.3. The minimum Gasteiger partial charge on any atom is -0.480 e. The molecule has 0 saturated heterocycles. The highest BCUT2D eigenvalue weighted by atomic mass is 19.1. The van der Waals surface area contributed by atoms with Crippen molar-refractivity contribution in [2.75, 3.05) is 0 Å². The number of carboxylic acid groups (broad SMARTS) is 1. The van der Waals surface area contributed by atoms with E-state index in [0.29, 0.717) is 0 Å². The summed E-state index contributed by atoms with van der Waals surface area (Å²) >= 11 is 0. The summed E-state index contributed by atoms with van der Waals surface area (Å²) in [6.45, 7) is 5.57. The first-order valence-corrected chi connectivity index (χ1v) is 5.66. The zero-order chi connectivity index (χ0) is 13.0. The van der Waals surface area contributed by atoms with E-state index in [4.69, 9.17) is 5.11 Å². The van der Waals surface area contributed by atoms with Crippen LogP contribution >= 0.6 is 0 Å². The van der Waals surface area contributed by atoms with Gasteiger partial charge in [-0.2, -0.15) is 0 Å². The van der Waals surface area contributed by atoms with Crippen LogP contribution in [0.2, 0.25) is 0 Å². The van der Waals surface area contributed by atoms with E-state index in [9.17, 15) is 9.18 Å². The Morgan fingerprint density at radius 1 is 1.24 bits per heavy atom. The highest BCUT2D eigenvalue weighted by molar-refractivity contribution is 5.73. The summed E-state index contributed by atoms with van der Waals surface area (Å²) in [5.74, 6) is -1.16. The number of aliphatic carboxylic acids is 1. The Labute approximate surface area is 101 Å². The average Bonchev–Trinajstić information content (AvgIpc) is 2.25. The Kier molecular flexibility index (Phi) is 4.63. The fourth-order valence-electron chi connectivity index (χ4n) is 1.67. The number of benzene rings is 1. The van der Waals surface area contributed by atoms with Crippen molar-refractivity contribution in [3.8, 4) is 0 Å². The number of carbonyl (C=O) groups is 1. The number of carboxylic acids is 1. The molecule has 0 fully saturated rings. The van der Waals surface area contributed by atoms with Gasteiger partial charge in [0.25, 0.3) is 0 Å². The van der Waals surface area contributed by atoms with Crippen LogP contribution in [0.15, 0.2) is 24.3 Å². The maximum atomic E-state index is 12.8. The summed E-state index contributed by atoms with van der Waals surface area (Å²) < 4.78 is 12.8. The molecule has 0 saturated carbocycles. The first kappa shape index (κ1) is 13.6. The molecule has 0 aliphatic carbocycles. The minimum absolute atomic E-state index is 0.00426. The normalized spacial score (nSPS) is 14.6. The highest BCUT2D eigenvalue weighted by Crippen LogP contribution is 2.15. The molecule has 0 aliphatic heterocycles. The van der Waals surface area contributed by atoms with Crippen LogP contribution in [0.3, 0.4) is 0 Å². The van der Waals surface area contributed by atoms with Crippen LogP contribution < -0.4 is 5.32 Å². The van der Waals surface area contributed by atoms with Crippen molar-refractivity contribution in [2.45, 2.75) is 32.9 Å². The largest absolute Gasteiger partial charge is 0.480 e. The smallest absolute Gasteiger partial charge is 0.320 e. The van der Waals surface area contributed by atoms with E-state index in [2.05, 4.69) is 5.32 Å². The number of rotatable bonds is 5. The van der Waals surface area contributed by atoms with Crippen molar-refractivity contribution in [3.05, 3.63) is 35.6 Å². The lowest BCUT2D eigenvalue weighted by atomic mass is 10.0. The molecule has 3 nitrogen and oxygen atoms in total. The molecular weight excluding hydrogens is 221 g/mol. The van der Waals surface area contributed by atoms with Gasteiger partial charge in [-0.15, -0.1) is 0 Å². The first-order chi connectivity index (χ1) is 7.91. The predicted octanol–water partition coefficient (Wildman–Crippen LogP) is 2.59. The molecule has 1 unspecified atom stereocenters. The second-order valence-corrected chi connectivity index (χ2v) is 4.50. The van der Waals surface area contributed by atoms with E-state index in [1.807, 2.05) is 20.8 Å². The molecule has 0 heterocycles. The summed E-state index contributed by atoms with van der Waals surface area (Å²) in [6, 6.07) is 5.34. The van der Waals surface area contributed by atoms with Crippen molar-refractivity contribution in [2.24, 2.45) is 5.92 Å². The topological polar surface area (TPSA) is 49.3 Å². The van der Waals surface area contributed by atoms with Gasteiger partial charge in [0.15, 0.2) is 0 Å². The fraction of sp³-hybridized carbons (Fsp3) is 0.462. The summed E-state index contributed by atoms with van der Waals surface area (Å²) in [5, 5.41) is 12.1. The van der Waals surface area contributed by atoms with E-state index in [1.165, 1.54) is 12.1 Å². The maximum absolute atomic E-state index is 12.8. The van der Waals surface area contributed by atoms with Crippen molar-refractivity contribution in [3.63, 3.8) is 0 Å². The molecule has 0 aromatic heterocycles. The van der Waals surface area contributed by atoms with E-state index in [1.54, 1.807) is 12.1 Å². The Morgan fingerprint density at radius 3 is 2.18 bits per heavy atom. The third-order valence-corrected chi connectivity index (χ3v) is 2.73. The molecule has 0 bridgehead atoms. The Bertz CT molecular complexity index is 376. The average molecular weight is 239 g/mol. The van der Waals surface area contributed by atoms with Gasteiger partial charge in [0.2, 0.25) is 0 Å². The van der Waals surface area contributed by atoms with Crippen LogP contribution in [0.5, 0.6) is 0 Å². The Hall–Kier alpha value is -1.42. The van der Waals surface area contributed by atoms with Gasteiger partial charge in [-0.1, -0.05) is 26.0 Å². The van der Waals surface area contributed by atoms with E-state index in [-0.39, 0.29) is 17.8 Å². The van der Waals surface area contributed by atoms with Crippen molar-refractivity contribution in [1.82, 2.24) is 5.32 Å². The molecule has 0 radical (unpaired) electrons. The minimum atomic E-state index is -0.867. The van der Waals surface area contributed by atoms with Crippen molar-refractivity contribution < 1.29 is 14.3 Å². The molecule has 2 atom stereocenters. The van der Waals surface area contributed by atoms with Crippen LogP contribution in [-0.2, 0) is 4.79 Å². The fourth-order valence-corrected chi connectivity index (χ4v) is 1.67. The summed E-state index contributed by atoms with van der Waals surface area (Å²) in [4.78, 5) is 11.0. The lowest BCUT2D eigenvalue weighted by Crippen LogP contribution is -2.42. The molecule has 94 valence electrons. The third kappa shape index (κ3) is 3.82. The zero-order valence-corrected chi connectivity index (χ0v) is 10.3. The number of nitrogens with one attached hydrogen (secondary N) is 1. The standard InChI is InChI=1S/C13H18FNO2/c1-8(2)12(13(16)17)15-9(3)10-4-6-11(14)7-5-10/h4-9,12,15H,1-3H3,(H,16,17)/t9-,12?/m1/s1. The first-order valence-electron chi connectivity index (χ1n) is 5.66. The molecule has 17 heavy (non-hydrogen) atoms. The molecule has 1 rings (SSSR count). The SMILES string of the molecule is CC(C)C(N[C@H](C)c1ccc(F)cc1)C(=O)O. The van der Waals surface area contributed by atoms with Crippen molar-refractivity contribution >= 4 is 5.97 Å². The monoisotopic (exact) mass is 239 g/mol. The summed E-state index contributed by atoms with van der Waals surface area (Å²) in [7, 11) is 0. The summed E-state index contributed by atoms with van der Waals surface area (Å²) in [6.07, 6.45) is 0. The third-order valence-electron chi connectivity index (χ3n) is 2.73. The van der Waals surface area contributed by atoms with E-state index >= 15 is 0 Å². The van der Waals surface area contributed by atoms with Crippen molar-refractivity contribution in [1.29, 1.82) is 0 Å². The van der Waals surface area contributed by atoms with Crippen LogP contribution in [0, 0.1) is 11.7 Å². The highest BCUT2D eigenvalue weighted by Gasteiger charge is 2.23. The quantitative estimate of drug-likeness (QED) is 0.830. The second kappa shape index (κ2) is 5.77. The number of hydrogen-bond donors (Lipinski definition) is 2. The van der Waals surface area contributed by atoms with Gasteiger partial charge in [-0.25, -0.2) is 4.39 Å². The molecule has 4 heteroatoms. The molecule has 2 N–H and O–H groups in total. The van der Waals surface area contributed by atoms with E-state index < -0.39 is 12.0 Å². The van der Waals surface area contributed by atoms with Crippen LogP contribution in [0.4, 0.5) is 4.39 Å². The van der Waals surface area contributed by atoms with Crippen LogP contribution in [-0.4, -0.2) is 17.1 Å². The van der Waals surface area contributed by atoms with Crippen LogP contribution in [0.25, 0.3) is 0 Å². The lowest BCUT2D eigenvalue weighted by Gasteiger charge is -2.23. The van der Waals surface area contributed by atoms with Gasteiger partial charge in [0, 0.05) is 6.04 Å².